The predicted molar refractivity (Wildman–Crippen MR) is 95.3 cm³/mol. The Hall–Kier alpha value is -2.12. The summed E-state index contributed by atoms with van der Waals surface area (Å²) in [6.45, 7) is 0.148. The molecule has 0 spiro atoms. The number of alkyl halides is 2. The fraction of sp³-hybridized carbons (Fsp3) is 0.176. The van der Waals surface area contributed by atoms with Gasteiger partial charge >= 0.3 is 0 Å². The van der Waals surface area contributed by atoms with Crippen LogP contribution < -0.4 is 10.6 Å². The van der Waals surface area contributed by atoms with Crippen molar-refractivity contribution in [3.63, 3.8) is 0 Å². The fourth-order valence-electron chi connectivity index (χ4n) is 1.97. The molecule has 2 rings (SSSR count). The summed E-state index contributed by atoms with van der Waals surface area (Å²) in [7, 11) is 0. The van der Waals surface area contributed by atoms with Crippen molar-refractivity contribution < 1.29 is 18.4 Å². The van der Waals surface area contributed by atoms with Gasteiger partial charge in [-0.2, -0.15) is 8.78 Å². The number of amides is 2. The minimum absolute atomic E-state index is 0.0731. The Morgan fingerprint density at radius 2 is 1.76 bits per heavy atom. The van der Waals surface area contributed by atoms with Gasteiger partial charge in [-0.05, 0) is 36.4 Å². The summed E-state index contributed by atoms with van der Waals surface area (Å²) >= 11 is 6.36. The Labute approximate surface area is 152 Å². The van der Waals surface area contributed by atoms with E-state index in [1.54, 1.807) is 36.4 Å². The molecule has 2 aromatic rings. The van der Waals surface area contributed by atoms with Gasteiger partial charge in [0.05, 0.1) is 10.6 Å². The average molecular weight is 385 g/mol. The minimum atomic E-state index is -2.48. The molecule has 2 N–H and O–H groups in total. The molecule has 0 aliphatic heterocycles. The third-order valence-electron chi connectivity index (χ3n) is 3.12. The van der Waals surface area contributed by atoms with Crippen LogP contribution in [0.1, 0.15) is 16.8 Å². The van der Waals surface area contributed by atoms with Crippen molar-refractivity contribution in [2.75, 3.05) is 11.9 Å². The van der Waals surface area contributed by atoms with Crippen molar-refractivity contribution in [1.82, 2.24) is 5.32 Å². The van der Waals surface area contributed by atoms with Crippen molar-refractivity contribution in [2.45, 2.75) is 17.1 Å². The summed E-state index contributed by atoms with van der Waals surface area (Å²) < 4.78 is 24.5. The summed E-state index contributed by atoms with van der Waals surface area (Å²) in [6, 6.07) is 12.7. The fourth-order valence-corrected chi connectivity index (χ4v) is 2.69. The maximum Gasteiger partial charge on any atom is 0.288 e. The van der Waals surface area contributed by atoms with Crippen LogP contribution in [-0.4, -0.2) is 24.1 Å². The second kappa shape index (κ2) is 9.39. The Balaban J connectivity index is 1.77. The molecular weight excluding hydrogens is 370 g/mol. The van der Waals surface area contributed by atoms with Gasteiger partial charge in [-0.15, -0.1) is 0 Å². The van der Waals surface area contributed by atoms with E-state index in [4.69, 9.17) is 11.6 Å². The van der Waals surface area contributed by atoms with E-state index >= 15 is 0 Å². The molecule has 2 aromatic carbocycles. The van der Waals surface area contributed by atoms with Crippen LogP contribution in [0.15, 0.2) is 53.4 Å². The molecule has 0 radical (unpaired) electrons. The van der Waals surface area contributed by atoms with Crippen LogP contribution in [0.25, 0.3) is 0 Å². The van der Waals surface area contributed by atoms with E-state index in [0.717, 1.165) is 0 Å². The van der Waals surface area contributed by atoms with Gasteiger partial charge in [0.15, 0.2) is 0 Å². The topological polar surface area (TPSA) is 58.2 Å². The number of thioether (sulfide) groups is 1. The van der Waals surface area contributed by atoms with Crippen LogP contribution in [0.4, 0.5) is 14.5 Å². The number of anilines is 1. The molecule has 0 unspecified atom stereocenters. The first-order chi connectivity index (χ1) is 12.0. The smallest absolute Gasteiger partial charge is 0.288 e. The van der Waals surface area contributed by atoms with E-state index in [1.807, 2.05) is 0 Å². The summed E-state index contributed by atoms with van der Waals surface area (Å²) in [6.07, 6.45) is 0.0731. The van der Waals surface area contributed by atoms with Gasteiger partial charge in [0, 0.05) is 23.5 Å². The zero-order valence-corrected chi connectivity index (χ0v) is 14.5. The molecule has 0 bridgehead atoms. The molecule has 2 amide bonds. The molecule has 0 atom stereocenters. The van der Waals surface area contributed by atoms with Gasteiger partial charge in [-0.25, -0.2) is 0 Å². The average Bonchev–Trinajstić information content (AvgIpc) is 2.56. The Morgan fingerprint density at radius 1 is 1.08 bits per heavy atom. The highest BCUT2D eigenvalue weighted by molar-refractivity contribution is 7.99. The third kappa shape index (κ3) is 6.36. The Morgan fingerprint density at radius 3 is 2.40 bits per heavy atom. The monoisotopic (exact) mass is 384 g/mol. The molecule has 0 saturated heterocycles. The van der Waals surface area contributed by atoms with E-state index in [9.17, 15) is 18.4 Å². The van der Waals surface area contributed by atoms with E-state index < -0.39 is 5.76 Å². The molecule has 25 heavy (non-hydrogen) atoms. The number of hydrogen-bond donors (Lipinski definition) is 2. The van der Waals surface area contributed by atoms with Crippen molar-refractivity contribution in [3.8, 4) is 0 Å². The highest BCUT2D eigenvalue weighted by atomic mass is 35.5. The van der Waals surface area contributed by atoms with Gasteiger partial charge in [0.25, 0.3) is 11.7 Å². The largest absolute Gasteiger partial charge is 0.351 e. The van der Waals surface area contributed by atoms with Crippen LogP contribution in [-0.2, 0) is 4.79 Å². The molecule has 0 aromatic heterocycles. The van der Waals surface area contributed by atoms with E-state index in [1.165, 1.54) is 12.1 Å². The van der Waals surface area contributed by atoms with Gasteiger partial charge < -0.3 is 10.6 Å². The number of carbonyl (C=O) groups is 2. The number of rotatable bonds is 7. The van der Waals surface area contributed by atoms with Crippen LogP contribution in [0, 0.1) is 0 Å². The van der Waals surface area contributed by atoms with Crippen LogP contribution >= 0.6 is 23.4 Å². The standard InChI is InChI=1S/C17H15ClF2N2O2S/c18-14-4-2-1-3-13(14)16(24)21-10-9-15(23)22-11-5-7-12(8-6-11)25-17(19)20/h1-8,17H,9-10H2,(H,21,24)(H,22,23). The van der Waals surface area contributed by atoms with E-state index in [0.29, 0.717) is 32.9 Å². The van der Waals surface area contributed by atoms with Crippen molar-refractivity contribution in [1.29, 1.82) is 0 Å². The number of nitrogens with one attached hydrogen (secondary N) is 2. The lowest BCUT2D eigenvalue weighted by atomic mass is 10.2. The second-order valence-electron chi connectivity index (χ2n) is 4.94. The maximum atomic E-state index is 12.2. The zero-order valence-electron chi connectivity index (χ0n) is 13.0. The quantitative estimate of drug-likeness (QED) is 0.695. The molecule has 8 heteroatoms. The van der Waals surface area contributed by atoms with Crippen LogP contribution in [0.2, 0.25) is 5.02 Å². The van der Waals surface area contributed by atoms with Crippen molar-refractivity contribution in [2.24, 2.45) is 0 Å². The lowest BCUT2D eigenvalue weighted by Gasteiger charge is -2.08. The van der Waals surface area contributed by atoms with Gasteiger partial charge in [-0.1, -0.05) is 35.5 Å². The molecule has 132 valence electrons. The molecule has 0 heterocycles. The van der Waals surface area contributed by atoms with Gasteiger partial charge in [0.1, 0.15) is 0 Å². The highest BCUT2D eigenvalue weighted by Gasteiger charge is 2.10. The molecule has 0 aliphatic carbocycles. The van der Waals surface area contributed by atoms with E-state index in [-0.39, 0.29) is 24.8 Å². The first-order valence-corrected chi connectivity index (χ1v) is 8.59. The van der Waals surface area contributed by atoms with Crippen molar-refractivity contribution in [3.05, 3.63) is 59.1 Å². The molecule has 0 aliphatic rings. The third-order valence-corrected chi connectivity index (χ3v) is 4.17. The maximum absolute atomic E-state index is 12.2. The Kier molecular flexibility index (Phi) is 7.21. The molecule has 4 nitrogen and oxygen atoms in total. The summed E-state index contributed by atoms with van der Waals surface area (Å²) in [5, 5.41) is 5.59. The Bertz CT molecular complexity index is 742. The van der Waals surface area contributed by atoms with E-state index in [2.05, 4.69) is 10.6 Å². The number of carbonyl (C=O) groups excluding carboxylic acids is 2. The minimum Gasteiger partial charge on any atom is -0.351 e. The molecule has 0 fully saturated rings. The normalized spacial score (nSPS) is 10.6. The molecular formula is C17H15ClF2N2O2S. The number of halogens is 3. The lowest BCUT2D eigenvalue weighted by Crippen LogP contribution is -2.27. The number of benzene rings is 2. The van der Waals surface area contributed by atoms with Crippen molar-refractivity contribution >= 4 is 40.9 Å². The van der Waals surface area contributed by atoms with Crippen LogP contribution in [0.3, 0.4) is 0 Å². The summed E-state index contributed by atoms with van der Waals surface area (Å²) in [5.74, 6) is -3.14. The highest BCUT2D eigenvalue weighted by Crippen LogP contribution is 2.26. The second-order valence-corrected chi connectivity index (χ2v) is 6.41. The lowest BCUT2D eigenvalue weighted by molar-refractivity contribution is -0.116. The summed E-state index contributed by atoms with van der Waals surface area (Å²) in [5.41, 5.74) is 0.845. The summed E-state index contributed by atoms with van der Waals surface area (Å²) in [4.78, 5) is 24.2. The van der Waals surface area contributed by atoms with Crippen LogP contribution in [0.5, 0.6) is 0 Å². The number of hydrogen-bond acceptors (Lipinski definition) is 3. The molecule has 0 saturated carbocycles. The van der Waals surface area contributed by atoms with Gasteiger partial charge in [0.2, 0.25) is 5.91 Å². The zero-order chi connectivity index (χ0) is 18.2. The first kappa shape index (κ1) is 19.2. The van der Waals surface area contributed by atoms with Gasteiger partial charge in [-0.3, -0.25) is 9.59 Å². The predicted octanol–water partition coefficient (Wildman–Crippen LogP) is 4.41. The first-order valence-electron chi connectivity index (χ1n) is 7.33. The SMILES string of the molecule is O=C(CCNC(=O)c1ccccc1Cl)Nc1ccc(SC(F)F)cc1.